The Kier molecular flexibility index (Phi) is 5.49. The number of aromatic carboxylic acids is 1. The third-order valence-electron chi connectivity index (χ3n) is 3.33. The molecular weight excluding hydrogens is 294 g/mol. The van der Waals surface area contributed by atoms with Crippen molar-refractivity contribution in [2.75, 3.05) is 13.2 Å². The van der Waals surface area contributed by atoms with Crippen LogP contribution in [0.4, 0.5) is 0 Å². The maximum atomic E-state index is 12.3. The number of aliphatic hydroxyl groups is 1. The zero-order valence-electron chi connectivity index (χ0n) is 12.4. The van der Waals surface area contributed by atoms with Crippen LogP contribution < -0.4 is 4.72 Å². The van der Waals surface area contributed by atoms with E-state index in [1.165, 1.54) is 25.1 Å². The summed E-state index contributed by atoms with van der Waals surface area (Å²) in [6.07, 6.45) is 0.462. The zero-order valence-corrected chi connectivity index (χ0v) is 13.2. The fraction of sp³-hybridized carbons (Fsp3) is 0.500. The third-order valence-corrected chi connectivity index (χ3v) is 4.88. The summed E-state index contributed by atoms with van der Waals surface area (Å²) in [6, 6.07) is 4.15. The summed E-state index contributed by atoms with van der Waals surface area (Å²) >= 11 is 0. The minimum absolute atomic E-state index is 0.0255. The van der Waals surface area contributed by atoms with Crippen LogP contribution in [0.15, 0.2) is 23.1 Å². The smallest absolute Gasteiger partial charge is 0.335 e. The van der Waals surface area contributed by atoms with Gasteiger partial charge in [-0.15, -0.1) is 0 Å². The predicted molar refractivity (Wildman–Crippen MR) is 78.8 cm³/mol. The van der Waals surface area contributed by atoms with Crippen molar-refractivity contribution in [3.8, 4) is 0 Å². The number of rotatable bonds is 7. The lowest BCUT2D eigenvalue weighted by Gasteiger charge is -2.24. The molecular formula is C14H21NO5S. The van der Waals surface area contributed by atoms with Gasteiger partial charge in [-0.1, -0.05) is 19.9 Å². The number of hydrogen-bond acceptors (Lipinski definition) is 4. The van der Waals surface area contributed by atoms with Gasteiger partial charge in [-0.3, -0.25) is 0 Å². The molecule has 0 saturated heterocycles. The normalized spacial score (nSPS) is 12.4. The quantitative estimate of drug-likeness (QED) is 0.705. The van der Waals surface area contributed by atoms with Crippen LogP contribution >= 0.6 is 0 Å². The van der Waals surface area contributed by atoms with Gasteiger partial charge in [0, 0.05) is 13.2 Å². The van der Waals surface area contributed by atoms with Gasteiger partial charge in [-0.25, -0.2) is 17.9 Å². The second-order valence-corrected chi connectivity index (χ2v) is 7.43. The van der Waals surface area contributed by atoms with Crippen molar-refractivity contribution >= 4 is 16.0 Å². The highest BCUT2D eigenvalue weighted by Crippen LogP contribution is 2.22. The minimum atomic E-state index is -3.79. The first-order valence-electron chi connectivity index (χ1n) is 6.54. The van der Waals surface area contributed by atoms with E-state index >= 15 is 0 Å². The van der Waals surface area contributed by atoms with Crippen molar-refractivity contribution in [3.63, 3.8) is 0 Å². The van der Waals surface area contributed by atoms with Crippen molar-refractivity contribution in [1.82, 2.24) is 4.72 Å². The van der Waals surface area contributed by atoms with Gasteiger partial charge < -0.3 is 10.2 Å². The molecule has 7 heteroatoms. The van der Waals surface area contributed by atoms with E-state index in [0.29, 0.717) is 6.42 Å². The van der Waals surface area contributed by atoms with E-state index in [9.17, 15) is 13.2 Å². The molecule has 0 aromatic heterocycles. The second-order valence-electron chi connectivity index (χ2n) is 5.70. The Hall–Kier alpha value is -1.44. The van der Waals surface area contributed by atoms with E-state index in [4.69, 9.17) is 10.2 Å². The Balaban J connectivity index is 3.04. The van der Waals surface area contributed by atoms with Gasteiger partial charge in [0.15, 0.2) is 0 Å². The summed E-state index contributed by atoms with van der Waals surface area (Å²) in [4.78, 5) is 11.0. The fourth-order valence-corrected chi connectivity index (χ4v) is 3.40. The molecule has 0 bridgehead atoms. The Labute approximate surface area is 124 Å². The van der Waals surface area contributed by atoms with Crippen molar-refractivity contribution in [2.24, 2.45) is 5.41 Å². The van der Waals surface area contributed by atoms with Crippen LogP contribution in [0.5, 0.6) is 0 Å². The average Bonchev–Trinajstić information content (AvgIpc) is 2.36. The lowest BCUT2D eigenvalue weighted by Crippen LogP contribution is -2.35. The molecule has 1 rings (SSSR count). The standard InChI is InChI=1S/C14H21NO5S/c1-10-11(13(17)18)5-4-6-12(10)21(19,20)15-9-14(2,3)7-8-16/h4-6,15-16H,7-9H2,1-3H3,(H,17,18). The van der Waals surface area contributed by atoms with Gasteiger partial charge in [0.05, 0.1) is 10.5 Å². The van der Waals surface area contributed by atoms with E-state index < -0.39 is 16.0 Å². The highest BCUT2D eigenvalue weighted by Gasteiger charge is 2.24. The summed E-state index contributed by atoms with van der Waals surface area (Å²) in [5.74, 6) is -1.16. The average molecular weight is 315 g/mol. The second kappa shape index (κ2) is 6.55. The lowest BCUT2D eigenvalue weighted by atomic mass is 9.90. The highest BCUT2D eigenvalue weighted by atomic mass is 32.2. The minimum Gasteiger partial charge on any atom is -0.478 e. The maximum absolute atomic E-state index is 12.3. The number of carbonyl (C=O) groups is 1. The summed E-state index contributed by atoms with van der Waals surface area (Å²) in [6.45, 7) is 5.28. The third kappa shape index (κ3) is 4.52. The maximum Gasteiger partial charge on any atom is 0.335 e. The number of sulfonamides is 1. The largest absolute Gasteiger partial charge is 0.478 e. The Morgan fingerprint density at radius 2 is 1.95 bits per heavy atom. The first kappa shape index (κ1) is 17.6. The van der Waals surface area contributed by atoms with Crippen LogP contribution in [-0.4, -0.2) is 37.8 Å². The van der Waals surface area contributed by atoms with Gasteiger partial charge >= 0.3 is 5.97 Å². The molecule has 0 fully saturated rings. The molecule has 0 saturated carbocycles. The van der Waals surface area contributed by atoms with E-state index in [2.05, 4.69) is 4.72 Å². The molecule has 6 nitrogen and oxygen atoms in total. The molecule has 0 heterocycles. The highest BCUT2D eigenvalue weighted by molar-refractivity contribution is 7.89. The van der Waals surface area contributed by atoms with Crippen LogP contribution in [0.1, 0.15) is 36.2 Å². The van der Waals surface area contributed by atoms with Crippen molar-refractivity contribution in [2.45, 2.75) is 32.1 Å². The molecule has 0 amide bonds. The lowest BCUT2D eigenvalue weighted by molar-refractivity contribution is 0.0695. The van der Waals surface area contributed by atoms with Crippen LogP contribution in [0.3, 0.4) is 0 Å². The zero-order chi connectivity index (χ0) is 16.3. The van der Waals surface area contributed by atoms with E-state index in [-0.39, 0.29) is 34.6 Å². The fourth-order valence-electron chi connectivity index (χ4n) is 1.90. The van der Waals surface area contributed by atoms with Crippen molar-refractivity contribution in [1.29, 1.82) is 0 Å². The molecule has 0 aliphatic rings. The molecule has 0 spiro atoms. The van der Waals surface area contributed by atoms with Gasteiger partial charge in [-0.05, 0) is 36.5 Å². The molecule has 0 atom stereocenters. The SMILES string of the molecule is Cc1c(C(=O)O)cccc1S(=O)(=O)NCC(C)(C)CCO. The number of aliphatic hydroxyl groups excluding tert-OH is 1. The van der Waals surface area contributed by atoms with Crippen molar-refractivity contribution < 1.29 is 23.4 Å². The van der Waals surface area contributed by atoms with Gasteiger partial charge in [0.25, 0.3) is 0 Å². The molecule has 0 aliphatic carbocycles. The van der Waals surface area contributed by atoms with Gasteiger partial charge in [-0.2, -0.15) is 0 Å². The first-order chi connectivity index (χ1) is 9.60. The summed E-state index contributed by atoms with van der Waals surface area (Å²) in [7, 11) is -3.79. The molecule has 3 N–H and O–H groups in total. The Bertz CT molecular complexity index is 622. The van der Waals surface area contributed by atoms with Crippen LogP contribution in [0, 0.1) is 12.3 Å². The number of hydrogen-bond donors (Lipinski definition) is 3. The number of carboxylic acid groups (broad SMARTS) is 1. The number of benzene rings is 1. The molecule has 1 aromatic rings. The summed E-state index contributed by atoms with van der Waals surface area (Å²) in [5.41, 5.74) is -0.217. The topological polar surface area (TPSA) is 104 Å². The molecule has 0 radical (unpaired) electrons. The van der Waals surface area contributed by atoms with E-state index in [1.807, 2.05) is 13.8 Å². The molecule has 1 aromatic carbocycles. The van der Waals surface area contributed by atoms with Crippen LogP contribution in [0.25, 0.3) is 0 Å². The van der Waals surface area contributed by atoms with E-state index in [1.54, 1.807) is 0 Å². The molecule has 0 aliphatic heterocycles. The molecule has 21 heavy (non-hydrogen) atoms. The Morgan fingerprint density at radius 1 is 1.33 bits per heavy atom. The summed E-state index contributed by atoms with van der Waals surface area (Å²) < 4.78 is 27.1. The molecule has 118 valence electrons. The first-order valence-corrected chi connectivity index (χ1v) is 8.02. The number of nitrogens with one attached hydrogen (secondary N) is 1. The van der Waals surface area contributed by atoms with Gasteiger partial charge in [0.2, 0.25) is 10.0 Å². The molecule has 0 unspecified atom stereocenters. The van der Waals surface area contributed by atoms with Crippen LogP contribution in [0.2, 0.25) is 0 Å². The number of carboxylic acids is 1. The predicted octanol–water partition coefficient (Wildman–Crippen LogP) is 1.38. The summed E-state index contributed by atoms with van der Waals surface area (Å²) in [5, 5.41) is 18.0. The monoisotopic (exact) mass is 315 g/mol. The van der Waals surface area contributed by atoms with Crippen molar-refractivity contribution in [3.05, 3.63) is 29.3 Å². The van der Waals surface area contributed by atoms with E-state index in [0.717, 1.165) is 0 Å². The Morgan fingerprint density at radius 3 is 2.48 bits per heavy atom. The van der Waals surface area contributed by atoms with Gasteiger partial charge in [0.1, 0.15) is 0 Å². The van der Waals surface area contributed by atoms with Crippen LogP contribution in [-0.2, 0) is 10.0 Å².